The van der Waals surface area contributed by atoms with Crippen LogP contribution in [0.1, 0.15) is 23.2 Å². The fraction of sp³-hybridized carbons (Fsp3) is 0.176. The Morgan fingerprint density at radius 1 is 1.12 bits per heavy atom. The van der Waals surface area contributed by atoms with E-state index >= 15 is 0 Å². The molecular formula is C17H17N3O4S. The number of nitrogens with one attached hydrogen (secondary N) is 1. The molecular weight excluding hydrogens is 342 g/mol. The minimum Gasteiger partial charge on any atom is -0.322 e. The van der Waals surface area contributed by atoms with Crippen LogP contribution in [0.5, 0.6) is 0 Å². The quantitative estimate of drug-likeness (QED) is 0.866. The van der Waals surface area contributed by atoms with Crippen LogP contribution in [0, 0.1) is 0 Å². The molecule has 1 aliphatic rings. The Kier molecular flexibility index (Phi) is 4.56. The molecule has 0 radical (unpaired) electrons. The first kappa shape index (κ1) is 17.1. The van der Waals surface area contributed by atoms with Crippen LogP contribution < -0.4 is 15.4 Å². The number of carbonyl (C=O) groups is 2. The highest BCUT2D eigenvalue weighted by molar-refractivity contribution is 7.89. The van der Waals surface area contributed by atoms with Gasteiger partial charge in [0.25, 0.3) is 5.91 Å². The van der Waals surface area contributed by atoms with E-state index in [1.54, 1.807) is 35.2 Å². The van der Waals surface area contributed by atoms with E-state index in [4.69, 9.17) is 5.14 Å². The van der Waals surface area contributed by atoms with Gasteiger partial charge in [-0.05, 0) is 48.9 Å². The van der Waals surface area contributed by atoms with Gasteiger partial charge in [0.15, 0.2) is 0 Å². The second-order valence-electron chi connectivity index (χ2n) is 5.72. The van der Waals surface area contributed by atoms with Gasteiger partial charge in [-0.1, -0.05) is 6.07 Å². The smallest absolute Gasteiger partial charge is 0.255 e. The van der Waals surface area contributed by atoms with Crippen LogP contribution in [0.15, 0.2) is 53.4 Å². The topological polar surface area (TPSA) is 110 Å². The summed E-state index contributed by atoms with van der Waals surface area (Å²) in [5.74, 6) is -0.303. The average molecular weight is 359 g/mol. The maximum atomic E-state index is 12.3. The molecule has 8 heteroatoms. The van der Waals surface area contributed by atoms with Crippen molar-refractivity contribution in [3.05, 3.63) is 54.1 Å². The Balaban J connectivity index is 1.74. The summed E-state index contributed by atoms with van der Waals surface area (Å²) in [5, 5.41) is 7.71. The van der Waals surface area contributed by atoms with Gasteiger partial charge in [0.2, 0.25) is 15.9 Å². The molecule has 0 aliphatic carbocycles. The van der Waals surface area contributed by atoms with Crippen molar-refractivity contribution in [1.82, 2.24) is 0 Å². The molecule has 0 bridgehead atoms. The summed E-state index contributed by atoms with van der Waals surface area (Å²) < 4.78 is 22.7. The Labute approximate surface area is 145 Å². The molecule has 2 aromatic carbocycles. The Morgan fingerprint density at radius 3 is 2.44 bits per heavy atom. The number of amides is 2. The number of hydrogen-bond acceptors (Lipinski definition) is 4. The molecule has 0 unspecified atom stereocenters. The Hall–Kier alpha value is -2.71. The zero-order valence-corrected chi connectivity index (χ0v) is 14.1. The molecule has 3 N–H and O–H groups in total. The zero-order chi connectivity index (χ0) is 18.0. The number of hydrogen-bond donors (Lipinski definition) is 2. The van der Waals surface area contributed by atoms with E-state index in [1.165, 1.54) is 18.2 Å². The standard InChI is InChI=1S/C17H17N3O4S/c18-25(23,24)15-4-1-3-13(11-15)19-17(22)12-6-8-14(9-7-12)20-10-2-5-16(20)21/h1,3-4,6-9,11H,2,5,10H2,(H,19,22)(H2,18,23,24). The van der Waals surface area contributed by atoms with Crippen molar-refractivity contribution in [3.63, 3.8) is 0 Å². The highest BCUT2D eigenvalue weighted by Gasteiger charge is 2.21. The van der Waals surface area contributed by atoms with E-state index in [0.29, 0.717) is 24.2 Å². The third-order valence-electron chi connectivity index (χ3n) is 3.94. The van der Waals surface area contributed by atoms with Crippen LogP contribution >= 0.6 is 0 Å². The highest BCUT2D eigenvalue weighted by atomic mass is 32.2. The second kappa shape index (κ2) is 6.66. The minimum atomic E-state index is -3.83. The largest absolute Gasteiger partial charge is 0.322 e. The Bertz CT molecular complexity index is 923. The molecule has 2 amide bonds. The van der Waals surface area contributed by atoms with Gasteiger partial charge in [0, 0.05) is 29.9 Å². The molecule has 7 nitrogen and oxygen atoms in total. The molecule has 130 valence electrons. The summed E-state index contributed by atoms with van der Waals surface area (Å²) >= 11 is 0. The number of rotatable bonds is 4. The van der Waals surface area contributed by atoms with Gasteiger partial charge < -0.3 is 10.2 Å². The molecule has 1 heterocycles. The maximum absolute atomic E-state index is 12.3. The maximum Gasteiger partial charge on any atom is 0.255 e. The van der Waals surface area contributed by atoms with Crippen molar-refractivity contribution < 1.29 is 18.0 Å². The number of primary sulfonamides is 1. The first-order valence-electron chi connectivity index (χ1n) is 7.69. The number of benzene rings is 2. The van der Waals surface area contributed by atoms with Gasteiger partial charge in [0.1, 0.15) is 0 Å². The third-order valence-corrected chi connectivity index (χ3v) is 4.85. The molecule has 0 spiro atoms. The van der Waals surface area contributed by atoms with Crippen LogP contribution in [0.3, 0.4) is 0 Å². The minimum absolute atomic E-state index is 0.0757. The molecule has 0 saturated carbocycles. The van der Waals surface area contributed by atoms with Gasteiger partial charge in [-0.2, -0.15) is 0 Å². The van der Waals surface area contributed by atoms with E-state index in [9.17, 15) is 18.0 Å². The first-order valence-corrected chi connectivity index (χ1v) is 9.24. The lowest BCUT2D eigenvalue weighted by molar-refractivity contribution is -0.117. The SMILES string of the molecule is NS(=O)(=O)c1cccc(NC(=O)c2ccc(N3CCCC3=O)cc2)c1. The molecule has 1 aliphatic heterocycles. The summed E-state index contributed by atoms with van der Waals surface area (Å²) in [4.78, 5) is 25.7. The molecule has 2 aromatic rings. The van der Waals surface area contributed by atoms with Crippen molar-refractivity contribution >= 4 is 33.2 Å². The number of anilines is 2. The van der Waals surface area contributed by atoms with Gasteiger partial charge in [0.05, 0.1) is 4.90 Å². The van der Waals surface area contributed by atoms with Crippen molar-refractivity contribution in [1.29, 1.82) is 0 Å². The highest BCUT2D eigenvalue weighted by Crippen LogP contribution is 2.22. The van der Waals surface area contributed by atoms with E-state index in [2.05, 4.69) is 5.32 Å². The number of sulfonamides is 1. The van der Waals surface area contributed by atoms with Crippen molar-refractivity contribution in [2.24, 2.45) is 5.14 Å². The van der Waals surface area contributed by atoms with E-state index in [-0.39, 0.29) is 16.7 Å². The summed E-state index contributed by atoms with van der Waals surface area (Å²) in [6.45, 7) is 0.685. The lowest BCUT2D eigenvalue weighted by Gasteiger charge is -2.15. The fourth-order valence-corrected chi connectivity index (χ4v) is 3.23. The molecule has 0 aromatic heterocycles. The van der Waals surface area contributed by atoms with Crippen molar-refractivity contribution in [2.75, 3.05) is 16.8 Å². The van der Waals surface area contributed by atoms with Crippen LogP contribution in [0.4, 0.5) is 11.4 Å². The van der Waals surface area contributed by atoms with Crippen LogP contribution in [0.25, 0.3) is 0 Å². The van der Waals surface area contributed by atoms with Gasteiger partial charge in [-0.3, -0.25) is 9.59 Å². The van der Waals surface area contributed by atoms with Gasteiger partial charge >= 0.3 is 0 Å². The molecule has 1 saturated heterocycles. The second-order valence-corrected chi connectivity index (χ2v) is 7.28. The van der Waals surface area contributed by atoms with E-state index < -0.39 is 10.0 Å². The third kappa shape index (κ3) is 3.86. The number of carbonyl (C=O) groups excluding carboxylic acids is 2. The summed E-state index contributed by atoms with van der Waals surface area (Å²) in [7, 11) is -3.83. The summed E-state index contributed by atoms with van der Waals surface area (Å²) in [6.07, 6.45) is 1.38. The van der Waals surface area contributed by atoms with Crippen LogP contribution in [-0.4, -0.2) is 26.8 Å². The zero-order valence-electron chi connectivity index (χ0n) is 13.3. The predicted octanol–water partition coefficient (Wildman–Crippen LogP) is 1.71. The monoisotopic (exact) mass is 359 g/mol. The number of nitrogens with two attached hydrogens (primary N) is 1. The molecule has 0 atom stereocenters. The Morgan fingerprint density at radius 2 is 1.84 bits per heavy atom. The van der Waals surface area contributed by atoms with Crippen LogP contribution in [-0.2, 0) is 14.8 Å². The average Bonchev–Trinajstić information content (AvgIpc) is 3.00. The predicted molar refractivity (Wildman–Crippen MR) is 93.8 cm³/mol. The lowest BCUT2D eigenvalue weighted by atomic mass is 10.1. The summed E-state index contributed by atoms with van der Waals surface area (Å²) in [5.41, 5.74) is 1.49. The van der Waals surface area contributed by atoms with Crippen LogP contribution in [0.2, 0.25) is 0 Å². The van der Waals surface area contributed by atoms with Crippen molar-refractivity contribution in [3.8, 4) is 0 Å². The number of nitrogens with zero attached hydrogens (tertiary/aromatic N) is 1. The normalized spacial score (nSPS) is 14.6. The molecule has 25 heavy (non-hydrogen) atoms. The molecule has 1 fully saturated rings. The van der Waals surface area contributed by atoms with E-state index in [0.717, 1.165) is 12.1 Å². The van der Waals surface area contributed by atoms with Gasteiger partial charge in [-0.15, -0.1) is 0 Å². The fourth-order valence-electron chi connectivity index (χ4n) is 2.67. The van der Waals surface area contributed by atoms with Crippen molar-refractivity contribution in [2.45, 2.75) is 17.7 Å². The molecule has 3 rings (SSSR count). The summed E-state index contributed by atoms with van der Waals surface area (Å²) in [6, 6.07) is 12.4. The van der Waals surface area contributed by atoms with Gasteiger partial charge in [-0.25, -0.2) is 13.6 Å². The first-order chi connectivity index (χ1) is 11.8. The lowest BCUT2D eigenvalue weighted by Crippen LogP contribution is -2.23. The van der Waals surface area contributed by atoms with E-state index in [1.807, 2.05) is 0 Å².